The SMILES string of the molecule is CC(C)OC(=O)CC[C@@H](C)C1CCC2C3C(CC[C@@]21C)[C@@]1(C)CC[C@H](NCCCN(CCCN)CCCN)CC1C[C@@H]3O. The number of hydrogen-bond acceptors (Lipinski definition) is 7. The minimum absolute atomic E-state index is 0.0376. The van der Waals surface area contributed by atoms with E-state index in [1.54, 1.807) is 0 Å². The number of nitrogens with zero attached hydrogens (tertiary/aromatic N) is 1. The van der Waals surface area contributed by atoms with E-state index < -0.39 is 0 Å². The van der Waals surface area contributed by atoms with E-state index in [1.807, 2.05) is 13.8 Å². The summed E-state index contributed by atoms with van der Waals surface area (Å²) in [4.78, 5) is 14.8. The van der Waals surface area contributed by atoms with Gasteiger partial charge in [-0.2, -0.15) is 0 Å². The van der Waals surface area contributed by atoms with E-state index in [1.165, 1.54) is 51.4 Å². The summed E-state index contributed by atoms with van der Waals surface area (Å²) >= 11 is 0. The highest BCUT2D eigenvalue weighted by molar-refractivity contribution is 5.69. The van der Waals surface area contributed by atoms with Crippen LogP contribution in [0.5, 0.6) is 0 Å². The zero-order chi connectivity index (χ0) is 31.2. The van der Waals surface area contributed by atoms with Gasteiger partial charge in [0.15, 0.2) is 0 Å². The van der Waals surface area contributed by atoms with E-state index in [0.717, 1.165) is 65.0 Å². The number of aliphatic hydroxyl groups excluding tert-OH is 1. The summed E-state index contributed by atoms with van der Waals surface area (Å²) in [6.45, 7) is 17.2. The van der Waals surface area contributed by atoms with Gasteiger partial charge in [-0.3, -0.25) is 4.79 Å². The number of rotatable bonds is 16. The van der Waals surface area contributed by atoms with Crippen molar-refractivity contribution in [2.24, 2.45) is 57.8 Å². The molecule has 0 heterocycles. The molecule has 0 spiro atoms. The lowest BCUT2D eigenvalue weighted by atomic mass is 9.43. The van der Waals surface area contributed by atoms with Crippen molar-refractivity contribution in [3.05, 3.63) is 0 Å². The third-order valence-electron chi connectivity index (χ3n) is 13.1. The molecule has 0 saturated heterocycles. The Kier molecular flexibility index (Phi) is 12.8. The number of ether oxygens (including phenoxy) is 1. The maximum absolute atomic E-state index is 12.3. The molecule has 4 saturated carbocycles. The lowest BCUT2D eigenvalue weighted by Gasteiger charge is -2.62. The number of fused-ring (bicyclic) bond motifs is 5. The van der Waals surface area contributed by atoms with E-state index in [9.17, 15) is 9.90 Å². The molecule has 0 aromatic rings. The quantitative estimate of drug-likeness (QED) is 0.139. The number of carbonyl (C=O) groups is 1. The lowest BCUT2D eigenvalue weighted by Crippen LogP contribution is -2.59. The summed E-state index contributed by atoms with van der Waals surface area (Å²) in [7, 11) is 0. The van der Waals surface area contributed by atoms with Crippen molar-refractivity contribution in [3.63, 3.8) is 0 Å². The Morgan fingerprint density at radius 2 is 1.58 bits per heavy atom. The highest BCUT2D eigenvalue weighted by atomic mass is 16.5. The fourth-order valence-electron chi connectivity index (χ4n) is 10.8. The first kappa shape index (κ1) is 35.1. The van der Waals surface area contributed by atoms with Gasteiger partial charge in [-0.05, 0) is 177 Å². The van der Waals surface area contributed by atoms with Crippen LogP contribution in [0.25, 0.3) is 0 Å². The van der Waals surface area contributed by atoms with Gasteiger partial charge < -0.3 is 31.5 Å². The molecule has 0 aromatic carbocycles. The normalized spacial score (nSPS) is 38.0. The van der Waals surface area contributed by atoms with Gasteiger partial charge in [-0.25, -0.2) is 0 Å². The van der Waals surface area contributed by atoms with Crippen molar-refractivity contribution in [1.82, 2.24) is 10.2 Å². The van der Waals surface area contributed by atoms with Crippen LogP contribution < -0.4 is 16.8 Å². The highest BCUT2D eigenvalue weighted by Crippen LogP contribution is 2.68. The van der Waals surface area contributed by atoms with Crippen LogP contribution in [0.1, 0.15) is 118 Å². The summed E-state index contributed by atoms with van der Waals surface area (Å²) in [5.74, 6) is 3.44. The largest absolute Gasteiger partial charge is 0.463 e. The van der Waals surface area contributed by atoms with E-state index in [2.05, 4.69) is 31.0 Å². The number of hydrogen-bond donors (Lipinski definition) is 4. The van der Waals surface area contributed by atoms with Gasteiger partial charge in [-0.15, -0.1) is 0 Å². The number of carbonyl (C=O) groups excluding carboxylic acids is 1. The summed E-state index contributed by atoms with van der Waals surface area (Å²) in [5.41, 5.74) is 12.2. The van der Waals surface area contributed by atoms with Gasteiger partial charge in [0.05, 0.1) is 12.2 Å². The maximum atomic E-state index is 12.3. The first-order valence-corrected chi connectivity index (χ1v) is 18.3. The van der Waals surface area contributed by atoms with Gasteiger partial charge in [0, 0.05) is 12.5 Å². The summed E-state index contributed by atoms with van der Waals surface area (Å²) in [6, 6.07) is 0.580. The Bertz CT molecular complexity index is 863. The van der Waals surface area contributed by atoms with Gasteiger partial charge in [0.1, 0.15) is 0 Å². The van der Waals surface area contributed by atoms with Crippen molar-refractivity contribution in [3.8, 4) is 0 Å². The molecule has 250 valence electrons. The molecule has 0 aliphatic heterocycles. The third-order valence-corrected chi connectivity index (χ3v) is 13.1. The molecule has 0 bridgehead atoms. The molecule has 0 radical (unpaired) electrons. The van der Waals surface area contributed by atoms with E-state index in [0.29, 0.717) is 53.4 Å². The average Bonchev–Trinajstić information content (AvgIpc) is 3.32. The Labute approximate surface area is 264 Å². The molecule has 4 fully saturated rings. The predicted octanol–water partition coefficient (Wildman–Crippen LogP) is 5.33. The van der Waals surface area contributed by atoms with Crippen LogP contribution in [0.15, 0.2) is 0 Å². The molecule has 4 rings (SSSR count). The second kappa shape index (κ2) is 15.7. The molecule has 4 aliphatic carbocycles. The maximum Gasteiger partial charge on any atom is 0.306 e. The predicted molar refractivity (Wildman–Crippen MR) is 176 cm³/mol. The van der Waals surface area contributed by atoms with E-state index in [-0.39, 0.29) is 23.6 Å². The monoisotopic (exact) mass is 605 g/mol. The van der Waals surface area contributed by atoms with Crippen LogP contribution in [-0.2, 0) is 9.53 Å². The Morgan fingerprint density at radius 3 is 2.26 bits per heavy atom. The van der Waals surface area contributed by atoms with Crippen molar-refractivity contribution in [1.29, 1.82) is 0 Å². The Balaban J connectivity index is 1.30. The Hall–Kier alpha value is -0.730. The van der Waals surface area contributed by atoms with Gasteiger partial charge in [-0.1, -0.05) is 20.8 Å². The lowest BCUT2D eigenvalue weighted by molar-refractivity contribution is -0.167. The first-order valence-electron chi connectivity index (χ1n) is 18.3. The summed E-state index contributed by atoms with van der Waals surface area (Å²) in [5, 5.41) is 15.7. The molecule has 6 N–H and O–H groups in total. The smallest absolute Gasteiger partial charge is 0.306 e. The second-order valence-electron chi connectivity index (χ2n) is 16.0. The zero-order valence-corrected chi connectivity index (χ0v) is 28.5. The fourth-order valence-corrected chi connectivity index (χ4v) is 10.8. The van der Waals surface area contributed by atoms with Crippen molar-refractivity contribution in [2.45, 2.75) is 136 Å². The zero-order valence-electron chi connectivity index (χ0n) is 28.5. The van der Waals surface area contributed by atoms with Crippen LogP contribution in [0, 0.1) is 46.3 Å². The molecule has 4 aliphatic rings. The van der Waals surface area contributed by atoms with Gasteiger partial charge in [0.25, 0.3) is 0 Å². The molecule has 0 aromatic heterocycles. The molecular weight excluding hydrogens is 536 g/mol. The van der Waals surface area contributed by atoms with Crippen molar-refractivity contribution in [2.75, 3.05) is 39.3 Å². The summed E-state index contributed by atoms with van der Waals surface area (Å²) < 4.78 is 5.42. The molecule has 10 atom stereocenters. The molecule has 43 heavy (non-hydrogen) atoms. The second-order valence-corrected chi connectivity index (χ2v) is 16.0. The minimum Gasteiger partial charge on any atom is -0.463 e. The number of aliphatic hydroxyl groups is 1. The third kappa shape index (κ3) is 8.17. The van der Waals surface area contributed by atoms with Crippen LogP contribution in [-0.4, -0.2) is 73.5 Å². The van der Waals surface area contributed by atoms with Gasteiger partial charge >= 0.3 is 5.97 Å². The van der Waals surface area contributed by atoms with Crippen molar-refractivity contribution >= 4 is 5.97 Å². The fraction of sp³-hybridized carbons (Fsp3) is 0.972. The Morgan fingerprint density at radius 1 is 0.930 bits per heavy atom. The average molecular weight is 605 g/mol. The van der Waals surface area contributed by atoms with Gasteiger partial charge in [0.2, 0.25) is 0 Å². The van der Waals surface area contributed by atoms with Crippen LogP contribution >= 0.6 is 0 Å². The van der Waals surface area contributed by atoms with Crippen LogP contribution in [0.4, 0.5) is 0 Å². The summed E-state index contributed by atoms with van der Waals surface area (Å²) in [6.07, 6.45) is 14.3. The first-order chi connectivity index (χ1) is 20.5. The topological polar surface area (TPSA) is 114 Å². The van der Waals surface area contributed by atoms with E-state index in [4.69, 9.17) is 16.2 Å². The minimum atomic E-state index is -0.167. The molecule has 0 amide bonds. The number of nitrogens with two attached hydrogens (primary N) is 2. The molecular formula is C36H68N4O3. The van der Waals surface area contributed by atoms with Crippen LogP contribution in [0.2, 0.25) is 0 Å². The molecule has 7 heteroatoms. The van der Waals surface area contributed by atoms with Crippen molar-refractivity contribution < 1.29 is 14.6 Å². The van der Waals surface area contributed by atoms with E-state index >= 15 is 0 Å². The van der Waals surface area contributed by atoms with Crippen LogP contribution in [0.3, 0.4) is 0 Å². The number of esters is 1. The highest BCUT2D eigenvalue weighted by Gasteiger charge is 2.62. The molecule has 5 unspecified atom stereocenters. The number of nitrogens with one attached hydrogen (secondary N) is 1. The standard InChI is InChI=1S/C36H68N4O3/c1-25(2)43-33(42)12-9-26(3)29-10-11-30-34-31(14-16-36(29,30)5)35(4)15-13-28(23-27(35)24-32(34)41)39-19-8-22-40(20-6-17-37)21-7-18-38/h25-32,34,39,41H,6-24,37-38H2,1-5H3/t26-,27?,28+,29?,30?,31?,32+,34?,35+,36-/m1/s1. The molecule has 7 nitrogen and oxygen atoms in total.